The number of carbonyl (C=O) groups excluding carboxylic acids is 2. The van der Waals surface area contributed by atoms with E-state index in [1.807, 2.05) is 39.0 Å². The first-order valence-corrected chi connectivity index (χ1v) is 8.56. The van der Waals surface area contributed by atoms with E-state index in [4.69, 9.17) is 0 Å². The maximum absolute atomic E-state index is 12.1. The van der Waals surface area contributed by atoms with Crippen LogP contribution in [0.3, 0.4) is 0 Å². The molecule has 24 heavy (non-hydrogen) atoms. The highest BCUT2D eigenvalue weighted by Crippen LogP contribution is 2.18. The van der Waals surface area contributed by atoms with Gasteiger partial charge in [0.15, 0.2) is 0 Å². The smallest absolute Gasteiger partial charge is 0.251 e. The molecule has 2 N–H and O–H groups in total. The first kappa shape index (κ1) is 18.2. The monoisotopic (exact) mass is 388 g/mol. The highest BCUT2D eigenvalue weighted by atomic mass is 79.9. The molecule has 0 heterocycles. The van der Waals surface area contributed by atoms with Crippen LogP contribution in [0.4, 0.5) is 0 Å². The molecule has 5 heteroatoms. The molecule has 0 saturated heterocycles. The first-order valence-electron chi connectivity index (χ1n) is 7.77. The standard InChI is InChI=1S/C19H21BrN2O2/c1-12-7-8-13(2)17(9-12)14(3)22-18(23)11-21-19(24)15-5-4-6-16(20)10-15/h4-10,14H,11H2,1-3H3,(H,21,24)(H,22,23). The van der Waals surface area contributed by atoms with Gasteiger partial charge in [0.2, 0.25) is 5.91 Å². The van der Waals surface area contributed by atoms with E-state index in [0.717, 1.165) is 21.2 Å². The second kappa shape index (κ2) is 8.11. The average Bonchev–Trinajstić information content (AvgIpc) is 2.54. The van der Waals surface area contributed by atoms with E-state index >= 15 is 0 Å². The van der Waals surface area contributed by atoms with Crippen molar-refractivity contribution in [3.63, 3.8) is 0 Å². The van der Waals surface area contributed by atoms with Gasteiger partial charge in [-0.1, -0.05) is 45.8 Å². The molecule has 0 bridgehead atoms. The molecule has 0 fully saturated rings. The molecular weight excluding hydrogens is 368 g/mol. The van der Waals surface area contributed by atoms with Crippen molar-refractivity contribution in [2.75, 3.05) is 6.54 Å². The lowest BCUT2D eigenvalue weighted by Gasteiger charge is -2.17. The van der Waals surface area contributed by atoms with Crippen molar-refractivity contribution in [3.8, 4) is 0 Å². The van der Waals surface area contributed by atoms with Gasteiger partial charge in [0.25, 0.3) is 5.91 Å². The zero-order chi connectivity index (χ0) is 17.7. The van der Waals surface area contributed by atoms with E-state index in [0.29, 0.717) is 5.56 Å². The molecule has 2 aromatic rings. The normalized spacial score (nSPS) is 11.7. The number of rotatable bonds is 5. The van der Waals surface area contributed by atoms with Crippen LogP contribution < -0.4 is 10.6 Å². The van der Waals surface area contributed by atoms with Crippen LogP contribution in [0, 0.1) is 13.8 Å². The molecule has 0 aromatic heterocycles. The number of hydrogen-bond donors (Lipinski definition) is 2. The lowest BCUT2D eigenvalue weighted by Crippen LogP contribution is -2.38. The number of aryl methyl sites for hydroxylation is 2. The summed E-state index contributed by atoms with van der Waals surface area (Å²) in [5.41, 5.74) is 3.88. The van der Waals surface area contributed by atoms with Crippen LogP contribution in [0.25, 0.3) is 0 Å². The van der Waals surface area contributed by atoms with Crippen LogP contribution in [0.15, 0.2) is 46.9 Å². The minimum absolute atomic E-state index is 0.0550. The summed E-state index contributed by atoms with van der Waals surface area (Å²) in [5.74, 6) is -0.488. The second-order valence-corrected chi connectivity index (χ2v) is 6.76. The second-order valence-electron chi connectivity index (χ2n) is 5.84. The fourth-order valence-corrected chi connectivity index (χ4v) is 2.89. The average molecular weight is 389 g/mol. The molecule has 0 aliphatic carbocycles. The summed E-state index contributed by atoms with van der Waals surface area (Å²) in [6.07, 6.45) is 0. The minimum atomic E-state index is -0.272. The van der Waals surface area contributed by atoms with Gasteiger partial charge in [0.1, 0.15) is 0 Å². The van der Waals surface area contributed by atoms with E-state index in [9.17, 15) is 9.59 Å². The van der Waals surface area contributed by atoms with Crippen LogP contribution >= 0.6 is 15.9 Å². The Morgan fingerprint density at radius 1 is 1.12 bits per heavy atom. The zero-order valence-corrected chi connectivity index (χ0v) is 15.6. The van der Waals surface area contributed by atoms with Gasteiger partial charge in [-0.25, -0.2) is 0 Å². The Morgan fingerprint density at radius 2 is 1.88 bits per heavy atom. The molecule has 1 unspecified atom stereocenters. The van der Waals surface area contributed by atoms with E-state index < -0.39 is 0 Å². The lowest BCUT2D eigenvalue weighted by molar-refractivity contribution is -0.120. The number of halogens is 1. The lowest BCUT2D eigenvalue weighted by atomic mass is 10.00. The predicted molar refractivity (Wildman–Crippen MR) is 98.9 cm³/mol. The van der Waals surface area contributed by atoms with Crippen molar-refractivity contribution >= 4 is 27.7 Å². The summed E-state index contributed by atoms with van der Waals surface area (Å²) < 4.78 is 0.822. The highest BCUT2D eigenvalue weighted by Gasteiger charge is 2.13. The van der Waals surface area contributed by atoms with E-state index in [2.05, 4.69) is 32.6 Å². The maximum Gasteiger partial charge on any atom is 0.251 e. The minimum Gasteiger partial charge on any atom is -0.348 e. The maximum atomic E-state index is 12.1. The molecule has 0 spiro atoms. The Labute approximate surface area is 150 Å². The van der Waals surface area contributed by atoms with Gasteiger partial charge in [0.05, 0.1) is 12.6 Å². The fraction of sp³-hybridized carbons (Fsp3) is 0.263. The number of carbonyl (C=O) groups is 2. The van der Waals surface area contributed by atoms with Crippen molar-refractivity contribution in [3.05, 3.63) is 69.2 Å². The molecule has 4 nitrogen and oxygen atoms in total. The molecule has 2 aromatic carbocycles. The van der Waals surface area contributed by atoms with Crippen LogP contribution in [0.5, 0.6) is 0 Å². The van der Waals surface area contributed by atoms with Crippen molar-refractivity contribution in [1.29, 1.82) is 0 Å². The molecular formula is C19H21BrN2O2. The first-order chi connectivity index (χ1) is 11.4. The molecule has 126 valence electrons. The Balaban J connectivity index is 1.91. The topological polar surface area (TPSA) is 58.2 Å². The van der Waals surface area contributed by atoms with E-state index in [1.165, 1.54) is 0 Å². The van der Waals surface area contributed by atoms with Crippen molar-refractivity contribution in [1.82, 2.24) is 10.6 Å². The Kier molecular flexibility index (Phi) is 6.15. The third kappa shape index (κ3) is 4.93. The number of nitrogens with one attached hydrogen (secondary N) is 2. The Hall–Kier alpha value is -2.14. The van der Waals surface area contributed by atoms with Gasteiger partial charge in [-0.2, -0.15) is 0 Å². The number of hydrogen-bond acceptors (Lipinski definition) is 2. The Morgan fingerprint density at radius 3 is 2.58 bits per heavy atom. The largest absolute Gasteiger partial charge is 0.348 e. The third-order valence-electron chi connectivity index (χ3n) is 3.78. The third-order valence-corrected chi connectivity index (χ3v) is 4.27. The summed E-state index contributed by atoms with van der Waals surface area (Å²) in [7, 11) is 0. The van der Waals surface area contributed by atoms with Gasteiger partial charge in [-0.15, -0.1) is 0 Å². The molecule has 0 saturated carbocycles. The summed E-state index contributed by atoms with van der Waals surface area (Å²) in [5, 5.41) is 5.56. The van der Waals surface area contributed by atoms with Gasteiger partial charge in [0, 0.05) is 10.0 Å². The number of benzene rings is 2. The van der Waals surface area contributed by atoms with Gasteiger partial charge in [-0.3, -0.25) is 9.59 Å². The van der Waals surface area contributed by atoms with Crippen LogP contribution in [0.2, 0.25) is 0 Å². The van der Waals surface area contributed by atoms with Gasteiger partial charge < -0.3 is 10.6 Å². The van der Waals surface area contributed by atoms with E-state index in [-0.39, 0.29) is 24.4 Å². The Bertz CT molecular complexity index is 759. The molecule has 1 atom stereocenters. The summed E-state index contributed by atoms with van der Waals surface area (Å²) in [6, 6.07) is 13.1. The summed E-state index contributed by atoms with van der Waals surface area (Å²) in [6.45, 7) is 5.93. The SMILES string of the molecule is Cc1ccc(C)c(C(C)NC(=O)CNC(=O)c2cccc(Br)c2)c1. The van der Waals surface area contributed by atoms with Crippen LogP contribution in [-0.4, -0.2) is 18.4 Å². The molecule has 0 aliphatic rings. The van der Waals surface area contributed by atoms with Gasteiger partial charge in [-0.05, 0) is 50.1 Å². The fourth-order valence-electron chi connectivity index (χ4n) is 2.49. The quantitative estimate of drug-likeness (QED) is 0.820. The van der Waals surface area contributed by atoms with Crippen molar-refractivity contribution in [2.24, 2.45) is 0 Å². The molecule has 2 amide bonds. The highest BCUT2D eigenvalue weighted by molar-refractivity contribution is 9.10. The summed E-state index contributed by atoms with van der Waals surface area (Å²) in [4.78, 5) is 24.1. The number of amides is 2. The molecule has 0 aliphatic heterocycles. The van der Waals surface area contributed by atoms with Crippen molar-refractivity contribution < 1.29 is 9.59 Å². The molecule has 0 radical (unpaired) electrons. The van der Waals surface area contributed by atoms with Crippen LogP contribution in [-0.2, 0) is 4.79 Å². The van der Waals surface area contributed by atoms with E-state index in [1.54, 1.807) is 18.2 Å². The zero-order valence-electron chi connectivity index (χ0n) is 14.0. The van der Waals surface area contributed by atoms with Gasteiger partial charge >= 0.3 is 0 Å². The predicted octanol–water partition coefficient (Wildman–Crippen LogP) is 3.67. The van der Waals surface area contributed by atoms with Crippen LogP contribution in [0.1, 0.15) is 40.0 Å². The molecule has 2 rings (SSSR count). The van der Waals surface area contributed by atoms with Crippen molar-refractivity contribution in [2.45, 2.75) is 26.8 Å². The summed E-state index contributed by atoms with van der Waals surface area (Å²) >= 11 is 3.32.